The first-order valence-corrected chi connectivity index (χ1v) is 4.94. The number of hydrogen-bond donors (Lipinski definition) is 1. The summed E-state index contributed by atoms with van der Waals surface area (Å²) in [4.78, 5) is 23.7. The molecule has 0 aromatic carbocycles. The Labute approximate surface area is 93.4 Å². The van der Waals surface area contributed by atoms with E-state index in [9.17, 15) is 9.59 Å². The van der Waals surface area contributed by atoms with Gasteiger partial charge in [-0.25, -0.2) is 9.59 Å². The number of amides is 1. The molecule has 0 spiro atoms. The van der Waals surface area contributed by atoms with E-state index >= 15 is 0 Å². The topological polar surface area (TPSA) is 76.1 Å². The number of carboxylic acid groups (broad SMARTS) is 1. The minimum absolute atomic E-state index is 0.0110. The van der Waals surface area contributed by atoms with Crippen LogP contribution in [0.5, 0.6) is 0 Å². The molecule has 1 amide bonds. The molecule has 1 aliphatic rings. The van der Waals surface area contributed by atoms with Crippen molar-refractivity contribution in [1.82, 2.24) is 4.90 Å². The number of hydrogen-bond acceptors (Lipinski definition) is 4. The maximum Gasteiger partial charge on any atom is 0.411 e. The molecule has 6 heteroatoms. The molecule has 0 saturated carbocycles. The van der Waals surface area contributed by atoms with Crippen LogP contribution in [0.25, 0.3) is 0 Å². The van der Waals surface area contributed by atoms with Gasteiger partial charge in [-0.15, -0.1) is 0 Å². The Morgan fingerprint density at radius 1 is 1.62 bits per heavy atom. The SMILES string of the molecule is C=CCOC(=O)N1[C@@H](C)COC[C@H]1C(=O)O. The Balaban J connectivity index is 2.73. The van der Waals surface area contributed by atoms with Gasteiger partial charge < -0.3 is 14.6 Å². The van der Waals surface area contributed by atoms with Gasteiger partial charge in [0.25, 0.3) is 0 Å². The second-order valence-electron chi connectivity index (χ2n) is 3.51. The summed E-state index contributed by atoms with van der Waals surface area (Å²) in [6.45, 7) is 5.49. The number of rotatable bonds is 3. The molecule has 0 aliphatic carbocycles. The maximum absolute atomic E-state index is 11.6. The van der Waals surface area contributed by atoms with E-state index in [4.69, 9.17) is 14.6 Å². The van der Waals surface area contributed by atoms with E-state index in [-0.39, 0.29) is 19.3 Å². The molecule has 0 aromatic rings. The molecule has 0 radical (unpaired) electrons. The third-order valence-corrected chi connectivity index (χ3v) is 2.27. The first-order valence-electron chi connectivity index (χ1n) is 4.94. The Morgan fingerprint density at radius 2 is 2.31 bits per heavy atom. The van der Waals surface area contributed by atoms with Gasteiger partial charge in [0, 0.05) is 0 Å². The van der Waals surface area contributed by atoms with Crippen LogP contribution < -0.4 is 0 Å². The van der Waals surface area contributed by atoms with Crippen LogP contribution in [-0.2, 0) is 14.3 Å². The molecule has 16 heavy (non-hydrogen) atoms. The van der Waals surface area contributed by atoms with Gasteiger partial charge in [0.2, 0.25) is 0 Å². The van der Waals surface area contributed by atoms with Gasteiger partial charge >= 0.3 is 12.1 Å². The minimum atomic E-state index is -1.10. The van der Waals surface area contributed by atoms with E-state index in [2.05, 4.69) is 6.58 Å². The fraction of sp³-hybridized carbons (Fsp3) is 0.600. The van der Waals surface area contributed by atoms with E-state index in [0.717, 1.165) is 0 Å². The summed E-state index contributed by atoms with van der Waals surface area (Å²) in [6, 6.07) is -1.30. The van der Waals surface area contributed by atoms with Gasteiger partial charge in [-0.1, -0.05) is 12.7 Å². The van der Waals surface area contributed by atoms with E-state index in [1.807, 2.05) is 0 Å². The van der Waals surface area contributed by atoms with E-state index in [1.54, 1.807) is 6.92 Å². The first-order chi connectivity index (χ1) is 7.57. The molecule has 1 saturated heterocycles. The normalized spacial score (nSPS) is 24.9. The molecule has 0 aromatic heterocycles. The summed E-state index contributed by atoms with van der Waals surface area (Å²) in [5.41, 5.74) is 0. The fourth-order valence-corrected chi connectivity index (χ4v) is 1.52. The second-order valence-corrected chi connectivity index (χ2v) is 3.51. The Morgan fingerprint density at radius 3 is 2.88 bits per heavy atom. The number of nitrogens with zero attached hydrogens (tertiary/aromatic N) is 1. The molecule has 1 fully saturated rings. The Bertz CT molecular complexity index is 291. The highest BCUT2D eigenvalue weighted by Crippen LogP contribution is 2.15. The molecule has 1 N–H and O–H groups in total. The fourth-order valence-electron chi connectivity index (χ4n) is 1.52. The largest absolute Gasteiger partial charge is 0.480 e. The van der Waals surface area contributed by atoms with Gasteiger partial charge in [-0.3, -0.25) is 4.90 Å². The zero-order valence-corrected chi connectivity index (χ0v) is 9.09. The van der Waals surface area contributed by atoms with E-state index in [0.29, 0.717) is 6.61 Å². The van der Waals surface area contributed by atoms with Crippen LogP contribution in [0.4, 0.5) is 4.79 Å². The van der Waals surface area contributed by atoms with Crippen molar-refractivity contribution >= 4 is 12.1 Å². The lowest BCUT2D eigenvalue weighted by Crippen LogP contribution is -2.57. The van der Waals surface area contributed by atoms with Gasteiger partial charge in [0.1, 0.15) is 6.61 Å². The molecule has 6 nitrogen and oxygen atoms in total. The predicted octanol–water partition coefficient (Wildman–Crippen LogP) is 0.483. The number of morpholine rings is 1. The Hall–Kier alpha value is -1.56. The molecule has 1 rings (SSSR count). The van der Waals surface area contributed by atoms with Crippen LogP contribution in [0.1, 0.15) is 6.92 Å². The van der Waals surface area contributed by atoms with Crippen molar-refractivity contribution in [3.63, 3.8) is 0 Å². The van der Waals surface area contributed by atoms with Crippen molar-refractivity contribution in [3.05, 3.63) is 12.7 Å². The minimum Gasteiger partial charge on any atom is -0.480 e. The van der Waals surface area contributed by atoms with Crippen molar-refractivity contribution in [2.75, 3.05) is 19.8 Å². The molecule has 1 heterocycles. The molecule has 90 valence electrons. The number of ether oxygens (including phenoxy) is 2. The van der Waals surface area contributed by atoms with Crippen LogP contribution in [0.15, 0.2) is 12.7 Å². The van der Waals surface area contributed by atoms with Crippen LogP contribution in [0.2, 0.25) is 0 Å². The van der Waals surface area contributed by atoms with Crippen LogP contribution in [0.3, 0.4) is 0 Å². The molecule has 0 bridgehead atoms. The standard InChI is InChI=1S/C10H15NO5/c1-3-4-16-10(14)11-7(2)5-15-6-8(11)9(12)13/h3,7-8H,1,4-6H2,2H3,(H,12,13)/t7-,8-/m0/s1. The first kappa shape index (κ1) is 12.5. The number of carbonyl (C=O) groups excluding carboxylic acids is 1. The van der Waals surface area contributed by atoms with Crippen molar-refractivity contribution in [3.8, 4) is 0 Å². The second kappa shape index (κ2) is 5.50. The number of aliphatic carboxylic acids is 1. The third-order valence-electron chi connectivity index (χ3n) is 2.27. The highest BCUT2D eigenvalue weighted by Gasteiger charge is 2.37. The summed E-state index contributed by atoms with van der Waals surface area (Å²) in [7, 11) is 0. The quantitative estimate of drug-likeness (QED) is 0.712. The summed E-state index contributed by atoms with van der Waals surface area (Å²) in [5.74, 6) is -1.10. The highest BCUT2D eigenvalue weighted by atomic mass is 16.6. The Kier molecular flexibility index (Phi) is 4.30. The molecular formula is C10H15NO5. The number of carboxylic acids is 1. The van der Waals surface area contributed by atoms with E-state index < -0.39 is 18.1 Å². The highest BCUT2D eigenvalue weighted by molar-refractivity contribution is 5.80. The van der Waals surface area contributed by atoms with Gasteiger partial charge in [0.05, 0.1) is 19.3 Å². The molecule has 0 unspecified atom stereocenters. The zero-order valence-electron chi connectivity index (χ0n) is 9.09. The van der Waals surface area contributed by atoms with Crippen molar-refractivity contribution in [2.45, 2.75) is 19.0 Å². The number of carbonyl (C=O) groups is 2. The van der Waals surface area contributed by atoms with Crippen molar-refractivity contribution < 1.29 is 24.2 Å². The average molecular weight is 229 g/mol. The summed E-state index contributed by atoms with van der Waals surface area (Å²) < 4.78 is 9.92. The smallest absolute Gasteiger partial charge is 0.411 e. The van der Waals surface area contributed by atoms with Crippen molar-refractivity contribution in [1.29, 1.82) is 0 Å². The van der Waals surface area contributed by atoms with Gasteiger partial charge in [-0.2, -0.15) is 0 Å². The van der Waals surface area contributed by atoms with Crippen LogP contribution >= 0.6 is 0 Å². The maximum atomic E-state index is 11.6. The average Bonchev–Trinajstić information content (AvgIpc) is 2.25. The zero-order chi connectivity index (χ0) is 12.1. The molecular weight excluding hydrogens is 214 g/mol. The van der Waals surface area contributed by atoms with Gasteiger partial charge in [-0.05, 0) is 6.92 Å². The third kappa shape index (κ3) is 2.73. The molecule has 1 aliphatic heterocycles. The lowest BCUT2D eigenvalue weighted by Gasteiger charge is -2.37. The van der Waals surface area contributed by atoms with E-state index in [1.165, 1.54) is 11.0 Å². The monoisotopic (exact) mass is 229 g/mol. The van der Waals surface area contributed by atoms with Crippen molar-refractivity contribution in [2.24, 2.45) is 0 Å². The predicted molar refractivity (Wildman–Crippen MR) is 55.1 cm³/mol. The van der Waals surface area contributed by atoms with Crippen LogP contribution in [-0.4, -0.2) is 54.0 Å². The van der Waals surface area contributed by atoms with Crippen LogP contribution in [0, 0.1) is 0 Å². The summed E-state index contributed by atoms with van der Waals surface area (Å²) in [6.07, 6.45) is 0.779. The summed E-state index contributed by atoms with van der Waals surface area (Å²) >= 11 is 0. The molecule has 2 atom stereocenters. The summed E-state index contributed by atoms with van der Waals surface area (Å²) in [5, 5.41) is 8.95. The lowest BCUT2D eigenvalue weighted by atomic mass is 10.2. The van der Waals surface area contributed by atoms with Gasteiger partial charge in [0.15, 0.2) is 6.04 Å². The lowest BCUT2D eigenvalue weighted by molar-refractivity contribution is -0.150.